The van der Waals surface area contributed by atoms with Gasteiger partial charge in [0, 0.05) is 32.9 Å². The van der Waals surface area contributed by atoms with Crippen LogP contribution in [0.4, 0.5) is 0 Å². The molecule has 0 aliphatic carbocycles. The van der Waals surface area contributed by atoms with E-state index in [1.807, 2.05) is 24.7 Å². The SMILES string of the molecule is CCOCCNCc1cncn1C. The van der Waals surface area contributed by atoms with Gasteiger partial charge in [-0.3, -0.25) is 0 Å². The van der Waals surface area contributed by atoms with Crippen LogP contribution >= 0.6 is 0 Å². The van der Waals surface area contributed by atoms with Gasteiger partial charge in [-0.15, -0.1) is 0 Å². The molecule has 0 spiro atoms. The van der Waals surface area contributed by atoms with E-state index >= 15 is 0 Å². The monoisotopic (exact) mass is 183 g/mol. The van der Waals surface area contributed by atoms with Crippen LogP contribution in [0.1, 0.15) is 12.6 Å². The summed E-state index contributed by atoms with van der Waals surface area (Å²) < 4.78 is 7.21. The molecular formula is C9H17N3O. The number of rotatable bonds is 6. The van der Waals surface area contributed by atoms with Crippen LogP contribution < -0.4 is 5.32 Å². The number of aryl methyl sites for hydroxylation is 1. The molecule has 0 saturated carbocycles. The zero-order valence-electron chi connectivity index (χ0n) is 8.29. The predicted octanol–water partition coefficient (Wildman–Crippen LogP) is 0.546. The molecule has 1 aromatic rings. The summed E-state index contributed by atoms with van der Waals surface area (Å²) in [6.07, 6.45) is 3.67. The Morgan fingerprint density at radius 1 is 1.62 bits per heavy atom. The van der Waals surface area contributed by atoms with Crippen molar-refractivity contribution in [3.05, 3.63) is 18.2 Å². The second-order valence-electron chi connectivity index (χ2n) is 2.87. The second kappa shape index (κ2) is 5.72. The summed E-state index contributed by atoms with van der Waals surface area (Å²) in [5.41, 5.74) is 1.19. The summed E-state index contributed by atoms with van der Waals surface area (Å²) in [5.74, 6) is 0. The Labute approximate surface area is 78.9 Å². The first-order chi connectivity index (χ1) is 6.34. The summed E-state index contributed by atoms with van der Waals surface area (Å²) in [4.78, 5) is 4.03. The molecule has 1 N–H and O–H groups in total. The average Bonchev–Trinajstić information content (AvgIpc) is 2.52. The van der Waals surface area contributed by atoms with Crippen molar-refractivity contribution in [1.82, 2.24) is 14.9 Å². The molecule has 0 unspecified atom stereocenters. The fourth-order valence-corrected chi connectivity index (χ4v) is 1.06. The van der Waals surface area contributed by atoms with Crippen LogP contribution in [0.3, 0.4) is 0 Å². The van der Waals surface area contributed by atoms with Crippen molar-refractivity contribution >= 4 is 0 Å². The molecule has 1 aromatic heterocycles. The quantitative estimate of drug-likeness (QED) is 0.654. The van der Waals surface area contributed by atoms with Crippen LogP contribution in [0.25, 0.3) is 0 Å². The van der Waals surface area contributed by atoms with Crippen molar-refractivity contribution in [2.24, 2.45) is 7.05 Å². The van der Waals surface area contributed by atoms with Crippen LogP contribution in [-0.2, 0) is 18.3 Å². The van der Waals surface area contributed by atoms with Crippen molar-refractivity contribution in [2.75, 3.05) is 19.8 Å². The predicted molar refractivity (Wildman–Crippen MR) is 51.4 cm³/mol. The molecule has 0 amide bonds. The van der Waals surface area contributed by atoms with Gasteiger partial charge < -0.3 is 14.6 Å². The van der Waals surface area contributed by atoms with Gasteiger partial charge in [-0.1, -0.05) is 0 Å². The van der Waals surface area contributed by atoms with Gasteiger partial charge in [0.25, 0.3) is 0 Å². The highest BCUT2D eigenvalue weighted by Crippen LogP contribution is 1.93. The maximum atomic E-state index is 5.20. The molecule has 0 atom stereocenters. The third kappa shape index (κ3) is 3.57. The summed E-state index contributed by atoms with van der Waals surface area (Å²) in [7, 11) is 1.99. The lowest BCUT2D eigenvalue weighted by molar-refractivity contribution is 0.149. The van der Waals surface area contributed by atoms with Crippen molar-refractivity contribution < 1.29 is 4.74 Å². The number of aromatic nitrogens is 2. The van der Waals surface area contributed by atoms with Gasteiger partial charge in [-0.25, -0.2) is 4.98 Å². The van der Waals surface area contributed by atoms with E-state index in [2.05, 4.69) is 10.3 Å². The van der Waals surface area contributed by atoms with Crippen LogP contribution in [0.15, 0.2) is 12.5 Å². The van der Waals surface area contributed by atoms with Crippen LogP contribution in [-0.4, -0.2) is 29.3 Å². The Balaban J connectivity index is 2.10. The van der Waals surface area contributed by atoms with E-state index < -0.39 is 0 Å². The van der Waals surface area contributed by atoms with Crippen molar-refractivity contribution in [3.63, 3.8) is 0 Å². The van der Waals surface area contributed by atoms with E-state index in [9.17, 15) is 0 Å². The maximum Gasteiger partial charge on any atom is 0.0945 e. The van der Waals surface area contributed by atoms with E-state index in [1.54, 1.807) is 6.33 Å². The fraction of sp³-hybridized carbons (Fsp3) is 0.667. The fourth-order valence-electron chi connectivity index (χ4n) is 1.06. The molecule has 0 radical (unpaired) electrons. The average molecular weight is 183 g/mol. The minimum atomic E-state index is 0.772. The highest BCUT2D eigenvalue weighted by Gasteiger charge is 1.95. The van der Waals surface area contributed by atoms with Crippen molar-refractivity contribution in [3.8, 4) is 0 Å². The largest absolute Gasteiger partial charge is 0.380 e. The molecule has 13 heavy (non-hydrogen) atoms. The lowest BCUT2D eigenvalue weighted by atomic mass is 10.4. The van der Waals surface area contributed by atoms with Gasteiger partial charge in [0.2, 0.25) is 0 Å². The lowest BCUT2D eigenvalue weighted by Gasteiger charge is -2.04. The first kappa shape index (κ1) is 10.2. The zero-order chi connectivity index (χ0) is 9.52. The number of hydrogen-bond donors (Lipinski definition) is 1. The third-order valence-electron chi connectivity index (χ3n) is 1.85. The molecule has 0 saturated heterocycles. The van der Waals surface area contributed by atoms with Gasteiger partial charge in [0.05, 0.1) is 18.6 Å². The minimum absolute atomic E-state index is 0.772. The highest BCUT2D eigenvalue weighted by atomic mass is 16.5. The Kier molecular flexibility index (Phi) is 4.49. The van der Waals surface area contributed by atoms with E-state index in [0.29, 0.717) is 0 Å². The first-order valence-electron chi connectivity index (χ1n) is 4.58. The van der Waals surface area contributed by atoms with Gasteiger partial charge in [0.1, 0.15) is 0 Å². The van der Waals surface area contributed by atoms with Gasteiger partial charge in [-0.05, 0) is 6.92 Å². The van der Waals surface area contributed by atoms with Crippen LogP contribution in [0, 0.1) is 0 Å². The molecule has 0 fully saturated rings. The molecule has 0 aromatic carbocycles. The van der Waals surface area contributed by atoms with Gasteiger partial charge in [-0.2, -0.15) is 0 Å². The van der Waals surface area contributed by atoms with E-state index in [1.165, 1.54) is 5.69 Å². The van der Waals surface area contributed by atoms with Crippen molar-refractivity contribution in [2.45, 2.75) is 13.5 Å². The van der Waals surface area contributed by atoms with Crippen LogP contribution in [0.2, 0.25) is 0 Å². The molecule has 4 heteroatoms. The Morgan fingerprint density at radius 2 is 2.46 bits per heavy atom. The molecule has 1 heterocycles. The molecular weight excluding hydrogens is 166 g/mol. The van der Waals surface area contributed by atoms with E-state index in [4.69, 9.17) is 4.74 Å². The summed E-state index contributed by atoms with van der Waals surface area (Å²) >= 11 is 0. The molecule has 0 aliphatic heterocycles. The molecule has 4 nitrogen and oxygen atoms in total. The third-order valence-corrected chi connectivity index (χ3v) is 1.85. The number of hydrogen-bond acceptors (Lipinski definition) is 3. The van der Waals surface area contributed by atoms with E-state index in [-0.39, 0.29) is 0 Å². The standard InChI is InChI=1S/C9H17N3O/c1-3-13-5-4-10-6-9-7-11-8-12(9)2/h7-8,10H,3-6H2,1-2H3. The van der Waals surface area contributed by atoms with Gasteiger partial charge in [0.15, 0.2) is 0 Å². The van der Waals surface area contributed by atoms with Crippen LogP contribution in [0.5, 0.6) is 0 Å². The number of nitrogens with one attached hydrogen (secondary N) is 1. The smallest absolute Gasteiger partial charge is 0.0945 e. The molecule has 74 valence electrons. The Bertz CT molecular complexity index is 235. The molecule has 1 rings (SSSR count). The minimum Gasteiger partial charge on any atom is -0.380 e. The number of ether oxygens (including phenoxy) is 1. The zero-order valence-corrected chi connectivity index (χ0v) is 8.29. The summed E-state index contributed by atoms with van der Waals surface area (Å²) in [5, 5.41) is 3.28. The van der Waals surface area contributed by atoms with E-state index in [0.717, 1.165) is 26.3 Å². The Morgan fingerprint density at radius 3 is 3.08 bits per heavy atom. The highest BCUT2D eigenvalue weighted by molar-refractivity contribution is 4.96. The summed E-state index contributed by atoms with van der Waals surface area (Å²) in [6.45, 7) is 5.30. The number of imidazole rings is 1. The topological polar surface area (TPSA) is 39.1 Å². The normalized spacial score (nSPS) is 10.6. The first-order valence-corrected chi connectivity index (χ1v) is 4.58. The lowest BCUT2D eigenvalue weighted by Crippen LogP contribution is -2.20. The summed E-state index contributed by atoms with van der Waals surface area (Å²) in [6, 6.07) is 0. The number of nitrogens with zero attached hydrogens (tertiary/aromatic N) is 2. The molecule has 0 aliphatic rings. The second-order valence-corrected chi connectivity index (χ2v) is 2.87. The molecule has 0 bridgehead atoms. The maximum absolute atomic E-state index is 5.20. The Hall–Kier alpha value is -0.870. The van der Waals surface area contributed by atoms with Crippen molar-refractivity contribution in [1.29, 1.82) is 0 Å². The van der Waals surface area contributed by atoms with Gasteiger partial charge >= 0.3 is 0 Å².